The third-order valence-electron chi connectivity index (χ3n) is 6.77. The summed E-state index contributed by atoms with van der Waals surface area (Å²) < 4.78 is 32.0. The Kier molecular flexibility index (Phi) is 24.0. The Labute approximate surface area is 233 Å². The van der Waals surface area contributed by atoms with Crippen molar-refractivity contribution in [2.24, 2.45) is 0 Å². The fraction of sp³-hybridized carbons (Fsp3) is 0.833. The molecular formula is C30H57NO6S. The van der Waals surface area contributed by atoms with E-state index in [0.717, 1.165) is 70.6 Å². The Morgan fingerprint density at radius 2 is 1.18 bits per heavy atom. The lowest BCUT2D eigenvalue weighted by atomic mass is 10.0. The predicted octanol–water partition coefficient (Wildman–Crippen LogP) is 6.64. The topological polar surface area (TPSA) is 124 Å². The van der Waals surface area contributed by atoms with E-state index in [1.54, 1.807) is 0 Å². The zero-order valence-corrected chi connectivity index (χ0v) is 25.0. The SMILES string of the molecule is CCCCC/C=C\C/C=C\CCCCCCCCC(O)C(=O)NC(CS(=O)(=O)O)C(O)CCCCCCC. The Morgan fingerprint density at radius 1 is 0.711 bits per heavy atom. The summed E-state index contributed by atoms with van der Waals surface area (Å²) in [5.41, 5.74) is 0. The summed E-state index contributed by atoms with van der Waals surface area (Å²) in [5, 5.41) is 23.1. The summed E-state index contributed by atoms with van der Waals surface area (Å²) in [4.78, 5) is 12.4. The molecule has 0 saturated carbocycles. The third-order valence-corrected chi connectivity index (χ3v) is 7.55. The fourth-order valence-electron chi connectivity index (χ4n) is 4.37. The van der Waals surface area contributed by atoms with Gasteiger partial charge in [-0.05, 0) is 44.9 Å². The van der Waals surface area contributed by atoms with Gasteiger partial charge >= 0.3 is 0 Å². The number of aliphatic hydroxyl groups is 2. The first-order chi connectivity index (χ1) is 18.2. The van der Waals surface area contributed by atoms with Gasteiger partial charge in [-0.15, -0.1) is 0 Å². The standard InChI is InChI=1S/C30H57NO6S/c1-3-5-7-9-10-11-12-13-14-15-16-17-18-19-21-23-25-29(33)30(34)31-27(26-38(35,36)37)28(32)24-22-20-8-6-4-2/h10-11,13-14,27-29,32-33H,3-9,12,15-26H2,1-2H3,(H,31,34)(H,35,36,37)/b11-10-,14-13-. The summed E-state index contributed by atoms with van der Waals surface area (Å²) in [5.74, 6) is -1.47. The summed E-state index contributed by atoms with van der Waals surface area (Å²) in [6, 6.07) is -1.14. The second-order valence-electron chi connectivity index (χ2n) is 10.5. The Balaban J connectivity index is 4.05. The highest BCUT2D eigenvalue weighted by Gasteiger charge is 2.28. The molecule has 1 amide bonds. The van der Waals surface area contributed by atoms with Gasteiger partial charge in [0.15, 0.2) is 0 Å². The second kappa shape index (κ2) is 24.8. The van der Waals surface area contributed by atoms with E-state index in [1.165, 1.54) is 25.7 Å². The van der Waals surface area contributed by atoms with Gasteiger partial charge in [0.05, 0.1) is 17.9 Å². The molecule has 8 heteroatoms. The molecule has 0 fully saturated rings. The number of rotatable bonds is 26. The maximum absolute atomic E-state index is 12.4. The first-order valence-corrected chi connectivity index (χ1v) is 16.7. The van der Waals surface area contributed by atoms with Gasteiger partial charge in [0.1, 0.15) is 6.10 Å². The van der Waals surface area contributed by atoms with Crippen molar-refractivity contribution in [1.82, 2.24) is 5.32 Å². The van der Waals surface area contributed by atoms with Crippen molar-refractivity contribution in [3.8, 4) is 0 Å². The van der Waals surface area contributed by atoms with Crippen LogP contribution in [-0.2, 0) is 14.9 Å². The van der Waals surface area contributed by atoms with Crippen molar-refractivity contribution in [3.63, 3.8) is 0 Å². The third kappa shape index (κ3) is 23.9. The molecule has 224 valence electrons. The Morgan fingerprint density at radius 3 is 1.76 bits per heavy atom. The average Bonchev–Trinajstić information content (AvgIpc) is 2.86. The molecule has 0 radical (unpaired) electrons. The van der Waals surface area contributed by atoms with Crippen molar-refractivity contribution >= 4 is 16.0 Å². The van der Waals surface area contributed by atoms with Gasteiger partial charge < -0.3 is 15.5 Å². The number of aliphatic hydroxyl groups excluding tert-OH is 2. The van der Waals surface area contributed by atoms with Crippen LogP contribution >= 0.6 is 0 Å². The van der Waals surface area contributed by atoms with Crippen LogP contribution in [0, 0.1) is 0 Å². The largest absolute Gasteiger partial charge is 0.391 e. The normalized spacial score (nSPS) is 14.8. The number of carbonyl (C=O) groups is 1. The fourth-order valence-corrected chi connectivity index (χ4v) is 5.13. The zero-order valence-electron chi connectivity index (χ0n) is 24.2. The molecule has 38 heavy (non-hydrogen) atoms. The van der Waals surface area contributed by atoms with Crippen LogP contribution in [0.4, 0.5) is 0 Å². The van der Waals surface area contributed by atoms with Gasteiger partial charge in [-0.3, -0.25) is 9.35 Å². The van der Waals surface area contributed by atoms with Crippen LogP contribution in [0.15, 0.2) is 24.3 Å². The monoisotopic (exact) mass is 559 g/mol. The molecule has 0 spiro atoms. The summed E-state index contributed by atoms with van der Waals surface area (Å²) >= 11 is 0. The first kappa shape index (κ1) is 36.8. The lowest BCUT2D eigenvalue weighted by Gasteiger charge is -2.24. The Hall–Kier alpha value is -1.22. The van der Waals surface area contributed by atoms with E-state index >= 15 is 0 Å². The van der Waals surface area contributed by atoms with E-state index in [1.807, 2.05) is 0 Å². The van der Waals surface area contributed by atoms with Crippen LogP contribution in [0.3, 0.4) is 0 Å². The van der Waals surface area contributed by atoms with Crippen LogP contribution < -0.4 is 5.32 Å². The van der Waals surface area contributed by atoms with Crippen LogP contribution in [0.5, 0.6) is 0 Å². The highest BCUT2D eigenvalue weighted by Crippen LogP contribution is 2.13. The van der Waals surface area contributed by atoms with Crippen molar-refractivity contribution < 1.29 is 28.0 Å². The molecule has 0 aromatic carbocycles. The zero-order chi connectivity index (χ0) is 28.5. The van der Waals surface area contributed by atoms with Crippen molar-refractivity contribution in [2.45, 2.75) is 154 Å². The number of amides is 1. The minimum atomic E-state index is -4.39. The molecule has 3 atom stereocenters. The molecule has 0 bridgehead atoms. The van der Waals surface area contributed by atoms with E-state index < -0.39 is 40.0 Å². The van der Waals surface area contributed by atoms with Gasteiger partial charge in [0.25, 0.3) is 10.1 Å². The van der Waals surface area contributed by atoms with E-state index in [0.29, 0.717) is 19.3 Å². The van der Waals surface area contributed by atoms with Crippen LogP contribution in [0.25, 0.3) is 0 Å². The molecule has 0 aliphatic carbocycles. The number of carbonyl (C=O) groups excluding carboxylic acids is 1. The number of hydrogen-bond donors (Lipinski definition) is 4. The lowest BCUT2D eigenvalue weighted by molar-refractivity contribution is -0.131. The molecule has 0 aliphatic rings. The molecule has 4 N–H and O–H groups in total. The average molecular weight is 560 g/mol. The molecular weight excluding hydrogens is 502 g/mol. The number of allylic oxidation sites excluding steroid dienone is 4. The molecule has 0 aliphatic heterocycles. The van der Waals surface area contributed by atoms with Gasteiger partial charge in [-0.25, -0.2) is 0 Å². The van der Waals surface area contributed by atoms with E-state index in [-0.39, 0.29) is 6.42 Å². The molecule has 0 aromatic heterocycles. The van der Waals surface area contributed by atoms with Gasteiger partial charge in [0.2, 0.25) is 5.91 Å². The van der Waals surface area contributed by atoms with E-state index in [2.05, 4.69) is 43.5 Å². The van der Waals surface area contributed by atoms with Crippen LogP contribution in [0.2, 0.25) is 0 Å². The van der Waals surface area contributed by atoms with Crippen LogP contribution in [0.1, 0.15) is 136 Å². The van der Waals surface area contributed by atoms with E-state index in [9.17, 15) is 28.0 Å². The second-order valence-corrected chi connectivity index (χ2v) is 12.0. The lowest BCUT2D eigenvalue weighted by Crippen LogP contribution is -2.50. The highest BCUT2D eigenvalue weighted by molar-refractivity contribution is 7.85. The molecule has 3 unspecified atom stereocenters. The molecule has 0 heterocycles. The highest BCUT2D eigenvalue weighted by atomic mass is 32.2. The molecule has 7 nitrogen and oxygen atoms in total. The summed E-state index contributed by atoms with van der Waals surface area (Å²) in [6.45, 7) is 4.33. The minimum Gasteiger partial charge on any atom is -0.391 e. The number of hydrogen-bond acceptors (Lipinski definition) is 5. The van der Waals surface area contributed by atoms with Crippen molar-refractivity contribution in [3.05, 3.63) is 24.3 Å². The van der Waals surface area contributed by atoms with Crippen LogP contribution in [-0.4, -0.2) is 53.1 Å². The number of unbranched alkanes of at least 4 members (excludes halogenated alkanes) is 13. The first-order valence-electron chi connectivity index (χ1n) is 15.1. The van der Waals surface area contributed by atoms with Gasteiger partial charge in [0, 0.05) is 0 Å². The Bertz CT molecular complexity index is 722. The van der Waals surface area contributed by atoms with E-state index in [4.69, 9.17) is 0 Å². The maximum atomic E-state index is 12.4. The van der Waals surface area contributed by atoms with Gasteiger partial charge in [-0.1, -0.05) is 115 Å². The number of nitrogens with one attached hydrogen (secondary N) is 1. The molecule has 0 rings (SSSR count). The molecule has 0 aromatic rings. The predicted molar refractivity (Wildman–Crippen MR) is 158 cm³/mol. The van der Waals surface area contributed by atoms with Gasteiger partial charge in [-0.2, -0.15) is 8.42 Å². The molecule has 0 saturated heterocycles. The quantitative estimate of drug-likeness (QED) is 0.0535. The van der Waals surface area contributed by atoms with Crippen molar-refractivity contribution in [2.75, 3.05) is 5.75 Å². The smallest absolute Gasteiger partial charge is 0.266 e. The minimum absolute atomic E-state index is 0.284. The maximum Gasteiger partial charge on any atom is 0.266 e. The summed E-state index contributed by atoms with van der Waals surface area (Å²) in [6.07, 6.45) is 25.3. The van der Waals surface area contributed by atoms with Crippen molar-refractivity contribution in [1.29, 1.82) is 0 Å². The summed E-state index contributed by atoms with van der Waals surface area (Å²) in [7, 11) is -4.39.